The molecule has 106 valence electrons. The summed E-state index contributed by atoms with van der Waals surface area (Å²) >= 11 is 3.14. The Bertz CT molecular complexity index is 422. The lowest BCUT2D eigenvalue weighted by Crippen LogP contribution is -2.69. The SMILES string of the molecule is C=C(Br)C[C@@H](O)[C@H]1[C@@H](OC)C(=O)N1C(=C)C(=O)OC. The molecule has 1 rings (SSSR count). The molecule has 0 aromatic heterocycles. The maximum absolute atomic E-state index is 11.8. The van der Waals surface area contributed by atoms with Crippen molar-refractivity contribution in [2.45, 2.75) is 24.7 Å². The van der Waals surface area contributed by atoms with Crippen LogP contribution in [-0.4, -0.2) is 54.4 Å². The number of methoxy groups -OCH3 is 2. The van der Waals surface area contributed by atoms with E-state index in [2.05, 4.69) is 33.8 Å². The van der Waals surface area contributed by atoms with Gasteiger partial charge in [0, 0.05) is 13.5 Å². The number of ether oxygens (including phenoxy) is 2. The minimum Gasteiger partial charge on any atom is -0.464 e. The Hall–Kier alpha value is -1.18. The first-order valence-electron chi connectivity index (χ1n) is 5.49. The van der Waals surface area contributed by atoms with Crippen LogP contribution >= 0.6 is 15.9 Å². The fourth-order valence-corrected chi connectivity index (χ4v) is 2.31. The molecule has 0 unspecified atom stereocenters. The molecule has 1 aliphatic rings. The highest BCUT2D eigenvalue weighted by atomic mass is 79.9. The standard InChI is InChI=1S/C12H16BrNO5/c1-6(13)5-8(15)9-10(18-3)11(16)14(9)7(2)12(17)19-4/h8-10,15H,1-2,5H2,3-4H3/t8-,9+,10-/m1/s1. The van der Waals surface area contributed by atoms with Crippen molar-refractivity contribution in [2.75, 3.05) is 14.2 Å². The van der Waals surface area contributed by atoms with Crippen LogP contribution in [0.25, 0.3) is 0 Å². The summed E-state index contributed by atoms with van der Waals surface area (Å²) in [6, 6.07) is -0.682. The van der Waals surface area contributed by atoms with Gasteiger partial charge in [-0.2, -0.15) is 0 Å². The number of β-lactam (4-membered cyclic amide) rings is 1. The van der Waals surface area contributed by atoms with Crippen LogP contribution < -0.4 is 0 Å². The second-order valence-corrected chi connectivity index (χ2v) is 5.20. The number of aliphatic hydroxyl groups excluding tert-OH is 1. The van der Waals surface area contributed by atoms with Crippen LogP contribution in [0.2, 0.25) is 0 Å². The van der Waals surface area contributed by atoms with Crippen LogP contribution in [0, 0.1) is 0 Å². The van der Waals surface area contributed by atoms with E-state index in [9.17, 15) is 14.7 Å². The van der Waals surface area contributed by atoms with Crippen LogP contribution in [0.5, 0.6) is 0 Å². The Kier molecular flexibility index (Phi) is 5.28. The van der Waals surface area contributed by atoms with Gasteiger partial charge in [0.1, 0.15) is 5.70 Å². The second-order valence-electron chi connectivity index (χ2n) is 4.08. The van der Waals surface area contributed by atoms with Gasteiger partial charge in [0.15, 0.2) is 6.10 Å². The van der Waals surface area contributed by atoms with Gasteiger partial charge in [-0.25, -0.2) is 4.79 Å². The zero-order valence-electron chi connectivity index (χ0n) is 10.8. The van der Waals surface area contributed by atoms with Crippen molar-refractivity contribution < 1.29 is 24.2 Å². The van der Waals surface area contributed by atoms with Gasteiger partial charge in [0.25, 0.3) is 5.91 Å². The van der Waals surface area contributed by atoms with Gasteiger partial charge in [-0.3, -0.25) is 9.69 Å². The Morgan fingerprint density at radius 2 is 2.11 bits per heavy atom. The quantitative estimate of drug-likeness (QED) is 0.436. The van der Waals surface area contributed by atoms with Crippen molar-refractivity contribution in [1.29, 1.82) is 0 Å². The fraction of sp³-hybridized carbons (Fsp3) is 0.500. The number of amides is 1. The molecule has 0 bridgehead atoms. The third-order valence-corrected chi connectivity index (χ3v) is 3.20. The normalized spacial score (nSPS) is 23.6. The zero-order chi connectivity index (χ0) is 14.7. The first-order chi connectivity index (χ1) is 8.84. The van der Waals surface area contributed by atoms with E-state index in [1.54, 1.807) is 0 Å². The number of halogens is 1. The van der Waals surface area contributed by atoms with Gasteiger partial charge in [-0.15, -0.1) is 0 Å². The lowest BCUT2D eigenvalue weighted by molar-refractivity contribution is -0.178. The number of hydrogen-bond acceptors (Lipinski definition) is 5. The highest BCUT2D eigenvalue weighted by Crippen LogP contribution is 2.32. The average Bonchev–Trinajstić information content (AvgIpc) is 2.33. The van der Waals surface area contributed by atoms with Crippen molar-refractivity contribution in [3.05, 3.63) is 23.3 Å². The summed E-state index contributed by atoms with van der Waals surface area (Å²) in [6.07, 6.45) is -1.50. The lowest BCUT2D eigenvalue weighted by atomic mass is 9.90. The average molecular weight is 334 g/mol. The highest BCUT2D eigenvalue weighted by molar-refractivity contribution is 9.11. The van der Waals surface area contributed by atoms with E-state index in [4.69, 9.17) is 4.74 Å². The molecular formula is C12H16BrNO5. The van der Waals surface area contributed by atoms with Crippen LogP contribution in [0.15, 0.2) is 23.3 Å². The van der Waals surface area contributed by atoms with Crippen LogP contribution in [0.3, 0.4) is 0 Å². The number of carbonyl (C=O) groups excluding carboxylic acids is 2. The van der Waals surface area contributed by atoms with E-state index in [1.165, 1.54) is 14.2 Å². The van der Waals surface area contributed by atoms with E-state index in [0.29, 0.717) is 4.48 Å². The summed E-state index contributed by atoms with van der Waals surface area (Å²) in [5.74, 6) is -1.15. The summed E-state index contributed by atoms with van der Waals surface area (Å²) in [4.78, 5) is 24.4. The van der Waals surface area contributed by atoms with Gasteiger partial charge in [-0.1, -0.05) is 29.1 Å². The number of likely N-dealkylation sites (tertiary alicyclic amines) is 1. The Morgan fingerprint density at radius 1 is 1.53 bits per heavy atom. The molecule has 0 aromatic rings. The van der Waals surface area contributed by atoms with E-state index in [1.807, 2.05) is 0 Å². The lowest BCUT2D eigenvalue weighted by Gasteiger charge is -2.48. The van der Waals surface area contributed by atoms with E-state index in [0.717, 1.165) is 4.90 Å². The monoisotopic (exact) mass is 333 g/mol. The first kappa shape index (κ1) is 15.9. The number of hydrogen-bond donors (Lipinski definition) is 1. The number of esters is 1. The molecule has 1 aliphatic heterocycles. The molecule has 0 spiro atoms. The predicted molar refractivity (Wildman–Crippen MR) is 71.3 cm³/mol. The molecule has 6 nitrogen and oxygen atoms in total. The van der Waals surface area contributed by atoms with Crippen molar-refractivity contribution in [3.63, 3.8) is 0 Å². The van der Waals surface area contributed by atoms with Gasteiger partial charge >= 0.3 is 5.97 Å². The largest absolute Gasteiger partial charge is 0.464 e. The van der Waals surface area contributed by atoms with Crippen LogP contribution in [0.1, 0.15) is 6.42 Å². The zero-order valence-corrected chi connectivity index (χ0v) is 12.3. The molecule has 0 aromatic carbocycles. The first-order valence-corrected chi connectivity index (χ1v) is 6.28. The predicted octanol–water partition coefficient (Wildman–Crippen LogP) is 0.558. The molecule has 0 aliphatic carbocycles. The van der Waals surface area contributed by atoms with Crippen molar-refractivity contribution in [3.8, 4) is 0 Å². The smallest absolute Gasteiger partial charge is 0.354 e. The van der Waals surface area contributed by atoms with Crippen molar-refractivity contribution in [2.24, 2.45) is 0 Å². The Balaban J connectivity index is 2.90. The van der Waals surface area contributed by atoms with E-state index >= 15 is 0 Å². The molecule has 1 fully saturated rings. The summed E-state index contributed by atoms with van der Waals surface area (Å²) in [5, 5.41) is 10.1. The van der Waals surface area contributed by atoms with E-state index < -0.39 is 30.1 Å². The number of carbonyl (C=O) groups is 2. The van der Waals surface area contributed by atoms with Gasteiger partial charge in [0.05, 0.1) is 19.3 Å². The topological polar surface area (TPSA) is 76.1 Å². The Morgan fingerprint density at radius 3 is 2.53 bits per heavy atom. The highest BCUT2D eigenvalue weighted by Gasteiger charge is 2.53. The Labute approximate surface area is 119 Å². The van der Waals surface area contributed by atoms with Crippen molar-refractivity contribution in [1.82, 2.24) is 4.90 Å². The number of aliphatic hydroxyl groups is 1. The summed E-state index contributed by atoms with van der Waals surface area (Å²) < 4.78 is 10.1. The minimum absolute atomic E-state index is 0.120. The molecule has 1 saturated heterocycles. The molecular weight excluding hydrogens is 318 g/mol. The molecule has 3 atom stereocenters. The number of rotatable bonds is 6. The summed E-state index contributed by atoms with van der Waals surface area (Å²) in [7, 11) is 2.56. The minimum atomic E-state index is -0.920. The molecule has 1 N–H and O–H groups in total. The third-order valence-electron chi connectivity index (χ3n) is 2.88. The fourth-order valence-electron chi connectivity index (χ4n) is 1.97. The molecule has 1 amide bonds. The van der Waals surface area contributed by atoms with Gasteiger partial charge in [0.2, 0.25) is 0 Å². The second kappa shape index (κ2) is 6.31. The molecule has 19 heavy (non-hydrogen) atoms. The molecule has 7 heteroatoms. The maximum Gasteiger partial charge on any atom is 0.354 e. The molecule has 0 radical (unpaired) electrons. The van der Waals surface area contributed by atoms with Gasteiger partial charge in [-0.05, 0) is 4.48 Å². The van der Waals surface area contributed by atoms with Crippen LogP contribution in [0.4, 0.5) is 0 Å². The maximum atomic E-state index is 11.8. The summed E-state index contributed by atoms with van der Waals surface area (Å²) in [5.41, 5.74) is -0.120. The summed E-state index contributed by atoms with van der Waals surface area (Å²) in [6.45, 7) is 7.13. The van der Waals surface area contributed by atoms with Crippen molar-refractivity contribution >= 4 is 27.8 Å². The number of nitrogens with zero attached hydrogens (tertiary/aromatic N) is 1. The molecule has 0 saturated carbocycles. The third kappa shape index (κ3) is 3.05. The van der Waals surface area contributed by atoms with Gasteiger partial charge < -0.3 is 14.6 Å². The van der Waals surface area contributed by atoms with Crippen LogP contribution in [-0.2, 0) is 19.1 Å². The van der Waals surface area contributed by atoms with E-state index in [-0.39, 0.29) is 12.1 Å². The molecule has 1 heterocycles.